The molecule has 1 aliphatic carbocycles. The van der Waals surface area contributed by atoms with Crippen LogP contribution >= 0.6 is 0 Å². The average Bonchev–Trinajstić information content (AvgIpc) is 3.39. The SMILES string of the molecule is COCCNc1nc(C(C=NCc2cccc(C3(O)CCCC3)n2)=NN)cc(-c2cccc(C#N)c2)n1. The molecule has 10 nitrogen and oxygen atoms in total. The number of anilines is 1. The molecule has 0 bridgehead atoms. The third kappa shape index (κ3) is 6.52. The number of hydrogen-bond donors (Lipinski definition) is 3. The topological polar surface area (TPSA) is 155 Å². The number of hydrazone groups is 1. The Balaban J connectivity index is 1.58. The molecule has 1 saturated carbocycles. The lowest BCUT2D eigenvalue weighted by Crippen LogP contribution is -2.22. The van der Waals surface area contributed by atoms with Crippen LogP contribution in [0.1, 0.15) is 48.3 Å². The highest BCUT2D eigenvalue weighted by molar-refractivity contribution is 6.37. The molecular weight excluding hydrogens is 468 g/mol. The average molecular weight is 499 g/mol. The molecule has 3 aromatic rings. The summed E-state index contributed by atoms with van der Waals surface area (Å²) >= 11 is 0. The standard InChI is InChI=1S/C27H30N8O2/c1-37-13-12-31-26-33-22(20-7-4-6-19(14-20)16-28)15-23(34-26)24(35-29)18-30-17-21-8-5-9-25(32-21)27(36)10-2-3-11-27/h4-9,14-15,18,36H,2-3,10-13,17,29H2,1H3,(H,31,33,34). The number of nitrogens with two attached hydrogens (primary N) is 1. The number of methoxy groups -OCH3 is 1. The molecule has 2 aromatic heterocycles. The van der Waals surface area contributed by atoms with Crippen LogP contribution in [0, 0.1) is 11.3 Å². The van der Waals surface area contributed by atoms with E-state index in [4.69, 9.17) is 10.6 Å². The number of rotatable bonds is 10. The van der Waals surface area contributed by atoms with Gasteiger partial charge in [0.15, 0.2) is 0 Å². The summed E-state index contributed by atoms with van der Waals surface area (Å²) in [4.78, 5) is 18.3. The molecule has 1 aliphatic rings. The van der Waals surface area contributed by atoms with Crippen molar-refractivity contribution in [2.24, 2.45) is 15.9 Å². The number of nitrogens with zero attached hydrogens (tertiary/aromatic N) is 6. The van der Waals surface area contributed by atoms with Gasteiger partial charge in [-0.05, 0) is 43.2 Å². The highest BCUT2D eigenvalue weighted by Gasteiger charge is 2.34. The first-order chi connectivity index (χ1) is 18.0. The fraction of sp³-hybridized carbons (Fsp3) is 0.333. The van der Waals surface area contributed by atoms with E-state index in [1.807, 2.05) is 24.3 Å². The van der Waals surface area contributed by atoms with Crippen molar-refractivity contribution in [2.45, 2.75) is 37.8 Å². The van der Waals surface area contributed by atoms with Crippen molar-refractivity contribution in [2.75, 3.05) is 25.6 Å². The van der Waals surface area contributed by atoms with Crippen molar-refractivity contribution < 1.29 is 9.84 Å². The van der Waals surface area contributed by atoms with Gasteiger partial charge in [0.2, 0.25) is 5.95 Å². The maximum atomic E-state index is 10.9. The van der Waals surface area contributed by atoms with Gasteiger partial charge < -0.3 is 21.0 Å². The quantitative estimate of drug-likeness (QED) is 0.167. The normalized spacial score (nSPS) is 15.1. The van der Waals surface area contributed by atoms with Gasteiger partial charge in [-0.25, -0.2) is 9.97 Å². The predicted molar refractivity (Wildman–Crippen MR) is 142 cm³/mol. The second-order valence-electron chi connectivity index (χ2n) is 8.81. The molecule has 190 valence electrons. The molecule has 0 unspecified atom stereocenters. The van der Waals surface area contributed by atoms with E-state index in [9.17, 15) is 10.4 Å². The molecule has 4 rings (SSSR count). The molecule has 1 fully saturated rings. The molecule has 1 aromatic carbocycles. The van der Waals surface area contributed by atoms with Crippen LogP contribution < -0.4 is 11.2 Å². The Bertz CT molecular complexity index is 1330. The van der Waals surface area contributed by atoms with Gasteiger partial charge in [0, 0.05) is 19.2 Å². The fourth-order valence-electron chi connectivity index (χ4n) is 4.25. The van der Waals surface area contributed by atoms with Crippen molar-refractivity contribution in [1.29, 1.82) is 5.26 Å². The van der Waals surface area contributed by atoms with Crippen molar-refractivity contribution in [3.05, 3.63) is 71.2 Å². The van der Waals surface area contributed by atoms with E-state index in [-0.39, 0.29) is 0 Å². The number of nitriles is 1. The molecule has 4 N–H and O–H groups in total. The fourth-order valence-corrected chi connectivity index (χ4v) is 4.25. The van der Waals surface area contributed by atoms with E-state index >= 15 is 0 Å². The number of benzene rings is 1. The van der Waals surface area contributed by atoms with Gasteiger partial charge in [0.05, 0.1) is 53.8 Å². The van der Waals surface area contributed by atoms with Gasteiger partial charge in [0.25, 0.3) is 0 Å². The molecule has 37 heavy (non-hydrogen) atoms. The molecular formula is C27H30N8O2. The third-order valence-electron chi connectivity index (χ3n) is 6.19. The summed E-state index contributed by atoms with van der Waals surface area (Å²) in [5, 5.41) is 27.2. The van der Waals surface area contributed by atoms with Gasteiger partial charge in [-0.3, -0.25) is 9.98 Å². The monoisotopic (exact) mass is 498 g/mol. The minimum Gasteiger partial charge on any atom is -0.384 e. The summed E-state index contributed by atoms with van der Waals surface area (Å²) in [5.74, 6) is 6.09. The highest BCUT2D eigenvalue weighted by atomic mass is 16.5. The molecule has 0 spiro atoms. The summed E-state index contributed by atoms with van der Waals surface area (Å²) in [6, 6.07) is 16.7. The van der Waals surface area contributed by atoms with Crippen molar-refractivity contribution in [3.8, 4) is 17.3 Å². The van der Waals surface area contributed by atoms with E-state index < -0.39 is 5.60 Å². The Kier molecular flexibility index (Phi) is 8.51. The van der Waals surface area contributed by atoms with Crippen LogP contribution in [0.15, 0.2) is 58.6 Å². The lowest BCUT2D eigenvalue weighted by Gasteiger charge is -2.21. The van der Waals surface area contributed by atoms with Gasteiger partial charge in [0.1, 0.15) is 11.3 Å². The Hall–Kier alpha value is -4.20. The lowest BCUT2D eigenvalue weighted by molar-refractivity contribution is 0.0398. The molecule has 0 aliphatic heterocycles. The van der Waals surface area contributed by atoms with Gasteiger partial charge in [-0.2, -0.15) is 10.4 Å². The van der Waals surface area contributed by atoms with E-state index in [0.717, 1.165) is 36.9 Å². The second-order valence-corrected chi connectivity index (χ2v) is 8.81. The Morgan fingerprint density at radius 1 is 1.19 bits per heavy atom. The number of hydrogen-bond acceptors (Lipinski definition) is 10. The summed E-state index contributed by atoms with van der Waals surface area (Å²) in [6.07, 6.45) is 5.01. The van der Waals surface area contributed by atoms with Gasteiger partial charge in [-0.1, -0.05) is 31.0 Å². The van der Waals surface area contributed by atoms with Crippen molar-refractivity contribution in [1.82, 2.24) is 15.0 Å². The second kappa shape index (κ2) is 12.2. The molecule has 2 heterocycles. The van der Waals surface area contributed by atoms with Gasteiger partial charge in [-0.15, -0.1) is 0 Å². The lowest BCUT2D eigenvalue weighted by atomic mass is 9.97. The third-order valence-corrected chi connectivity index (χ3v) is 6.19. The minimum absolute atomic E-state index is 0.296. The largest absolute Gasteiger partial charge is 0.384 e. The number of aliphatic hydroxyl groups is 1. The van der Waals surface area contributed by atoms with Crippen LogP contribution in [-0.4, -0.2) is 52.2 Å². The molecule has 0 amide bonds. The first kappa shape index (κ1) is 25.9. The minimum atomic E-state index is -0.851. The summed E-state index contributed by atoms with van der Waals surface area (Å²) < 4.78 is 5.11. The summed E-state index contributed by atoms with van der Waals surface area (Å²) in [7, 11) is 1.62. The van der Waals surface area contributed by atoms with Crippen LogP contribution in [0.5, 0.6) is 0 Å². The van der Waals surface area contributed by atoms with Crippen LogP contribution in [0.25, 0.3) is 11.3 Å². The van der Waals surface area contributed by atoms with Crippen LogP contribution in [0.2, 0.25) is 0 Å². The number of aliphatic imine (C=N–C) groups is 1. The maximum Gasteiger partial charge on any atom is 0.223 e. The predicted octanol–water partition coefficient (Wildman–Crippen LogP) is 3.16. The zero-order valence-electron chi connectivity index (χ0n) is 20.8. The number of aromatic nitrogens is 3. The summed E-state index contributed by atoms with van der Waals surface area (Å²) in [5.41, 5.74) is 3.31. The van der Waals surface area contributed by atoms with E-state index in [0.29, 0.717) is 54.0 Å². The number of ether oxygens (including phenoxy) is 1. The highest BCUT2D eigenvalue weighted by Crippen LogP contribution is 2.37. The van der Waals surface area contributed by atoms with E-state index in [1.165, 1.54) is 0 Å². The molecule has 10 heteroatoms. The van der Waals surface area contributed by atoms with Crippen LogP contribution in [0.3, 0.4) is 0 Å². The maximum absolute atomic E-state index is 10.9. The smallest absolute Gasteiger partial charge is 0.223 e. The zero-order valence-corrected chi connectivity index (χ0v) is 20.8. The molecule has 0 atom stereocenters. The zero-order chi connectivity index (χ0) is 26.1. The van der Waals surface area contributed by atoms with Crippen molar-refractivity contribution >= 4 is 17.9 Å². The molecule has 0 saturated heterocycles. The van der Waals surface area contributed by atoms with E-state index in [1.54, 1.807) is 37.6 Å². The first-order valence-corrected chi connectivity index (χ1v) is 12.1. The Morgan fingerprint density at radius 3 is 2.76 bits per heavy atom. The summed E-state index contributed by atoms with van der Waals surface area (Å²) in [6.45, 7) is 1.28. The number of pyridine rings is 1. The van der Waals surface area contributed by atoms with Crippen molar-refractivity contribution in [3.63, 3.8) is 0 Å². The van der Waals surface area contributed by atoms with Crippen LogP contribution in [-0.2, 0) is 16.9 Å². The van der Waals surface area contributed by atoms with E-state index in [2.05, 4.69) is 36.4 Å². The Labute approximate surface area is 216 Å². The van der Waals surface area contributed by atoms with Crippen LogP contribution in [0.4, 0.5) is 5.95 Å². The molecule has 0 radical (unpaired) electrons. The first-order valence-electron chi connectivity index (χ1n) is 12.1. The van der Waals surface area contributed by atoms with Gasteiger partial charge >= 0.3 is 0 Å². The number of nitrogens with one attached hydrogen (secondary N) is 1. The Morgan fingerprint density at radius 2 is 2.00 bits per heavy atom.